The number of benzene rings is 1. The lowest BCUT2D eigenvalue weighted by Crippen LogP contribution is -2.23. The van der Waals surface area contributed by atoms with E-state index in [1.807, 2.05) is 31.2 Å². The molecule has 1 heterocycles. The molecule has 0 aliphatic carbocycles. The van der Waals surface area contributed by atoms with Crippen molar-refractivity contribution in [2.75, 3.05) is 0 Å². The zero-order valence-electron chi connectivity index (χ0n) is 13.6. The molecule has 0 unspecified atom stereocenters. The van der Waals surface area contributed by atoms with Gasteiger partial charge in [-0.3, -0.25) is 4.79 Å². The van der Waals surface area contributed by atoms with Crippen molar-refractivity contribution in [3.05, 3.63) is 47.1 Å². The molecule has 1 N–H and O–H groups in total. The predicted molar refractivity (Wildman–Crippen MR) is 84.6 cm³/mol. The number of nitrogens with zero attached hydrogens (tertiary/aromatic N) is 2. The molecule has 22 heavy (non-hydrogen) atoms. The fourth-order valence-electron chi connectivity index (χ4n) is 2.06. The Bertz CT molecular complexity index is 624. The molecule has 0 radical (unpaired) electrons. The minimum Gasteiger partial charge on any atom is -0.345 e. The van der Waals surface area contributed by atoms with Gasteiger partial charge in [-0.05, 0) is 29.5 Å². The predicted octanol–water partition coefficient (Wildman–Crippen LogP) is 3.25. The van der Waals surface area contributed by atoms with E-state index >= 15 is 0 Å². The third-order valence-corrected chi connectivity index (χ3v) is 3.39. The van der Waals surface area contributed by atoms with Gasteiger partial charge in [0.25, 0.3) is 5.91 Å². The first-order chi connectivity index (χ1) is 10.4. The molecule has 0 spiro atoms. The van der Waals surface area contributed by atoms with E-state index in [0.717, 1.165) is 12.8 Å². The van der Waals surface area contributed by atoms with E-state index in [2.05, 4.69) is 36.2 Å². The molecule has 0 saturated carbocycles. The maximum atomic E-state index is 12.1. The molecule has 0 saturated heterocycles. The van der Waals surface area contributed by atoms with Gasteiger partial charge in [-0.15, -0.1) is 0 Å². The van der Waals surface area contributed by atoms with Gasteiger partial charge >= 0.3 is 0 Å². The van der Waals surface area contributed by atoms with Crippen LogP contribution in [-0.4, -0.2) is 16.0 Å². The fourth-order valence-corrected chi connectivity index (χ4v) is 2.06. The van der Waals surface area contributed by atoms with Gasteiger partial charge < -0.3 is 9.84 Å². The first kappa shape index (κ1) is 16.2. The minimum absolute atomic E-state index is 0.0787. The minimum atomic E-state index is -0.137. The van der Waals surface area contributed by atoms with Gasteiger partial charge in [-0.1, -0.05) is 45.0 Å². The Morgan fingerprint density at radius 3 is 2.50 bits per heavy atom. The number of carbonyl (C=O) groups excluding carboxylic acids is 1. The maximum absolute atomic E-state index is 12.1. The van der Waals surface area contributed by atoms with Crippen molar-refractivity contribution in [3.8, 4) is 0 Å². The van der Waals surface area contributed by atoms with Crippen molar-refractivity contribution in [1.82, 2.24) is 15.5 Å². The van der Waals surface area contributed by atoms with E-state index in [9.17, 15) is 4.79 Å². The first-order valence-corrected chi connectivity index (χ1v) is 7.60. The van der Waals surface area contributed by atoms with Crippen LogP contribution in [0.5, 0.6) is 0 Å². The molecular formula is C17H23N3O2. The molecule has 2 aromatic rings. The van der Waals surface area contributed by atoms with Crippen LogP contribution in [-0.2, 0) is 18.4 Å². The Hall–Kier alpha value is -2.17. The lowest BCUT2D eigenvalue weighted by molar-refractivity contribution is 0.0949. The van der Waals surface area contributed by atoms with Crippen LogP contribution in [0.3, 0.4) is 0 Å². The highest BCUT2D eigenvalue weighted by molar-refractivity contribution is 5.94. The number of nitrogens with one attached hydrogen (secondary N) is 1. The molecule has 5 heteroatoms. The summed E-state index contributed by atoms with van der Waals surface area (Å²) < 4.78 is 5.08. The van der Waals surface area contributed by atoms with Crippen LogP contribution in [0.4, 0.5) is 0 Å². The van der Waals surface area contributed by atoms with Gasteiger partial charge in [0.1, 0.15) is 0 Å². The summed E-state index contributed by atoms with van der Waals surface area (Å²) in [5, 5.41) is 6.65. The van der Waals surface area contributed by atoms with Gasteiger partial charge in [0.2, 0.25) is 5.89 Å². The molecule has 0 aliphatic heterocycles. The van der Waals surface area contributed by atoms with Crippen LogP contribution in [0, 0.1) is 0 Å². The van der Waals surface area contributed by atoms with Crippen LogP contribution < -0.4 is 5.32 Å². The fraction of sp³-hybridized carbons (Fsp3) is 0.471. The summed E-state index contributed by atoms with van der Waals surface area (Å²) in [4.78, 5) is 16.3. The van der Waals surface area contributed by atoms with Crippen molar-refractivity contribution in [3.63, 3.8) is 0 Å². The van der Waals surface area contributed by atoms with Crippen LogP contribution in [0.25, 0.3) is 0 Å². The quantitative estimate of drug-likeness (QED) is 0.920. The highest BCUT2D eigenvalue weighted by Crippen LogP contribution is 2.22. The molecule has 2 rings (SSSR count). The molecule has 0 bridgehead atoms. The van der Waals surface area contributed by atoms with Crippen molar-refractivity contribution in [1.29, 1.82) is 0 Å². The second-order valence-electron chi connectivity index (χ2n) is 6.36. The molecule has 5 nitrogen and oxygen atoms in total. The largest absolute Gasteiger partial charge is 0.345 e. The second kappa shape index (κ2) is 6.73. The normalized spacial score (nSPS) is 11.5. The zero-order chi connectivity index (χ0) is 16.2. The van der Waals surface area contributed by atoms with Crippen LogP contribution >= 0.6 is 0 Å². The lowest BCUT2D eigenvalue weighted by Gasteiger charge is -2.19. The molecule has 118 valence electrons. The number of rotatable bonds is 5. The smallest absolute Gasteiger partial charge is 0.251 e. The average molecular weight is 301 g/mol. The number of amides is 1. The van der Waals surface area contributed by atoms with Gasteiger partial charge in [0.15, 0.2) is 5.82 Å². The number of aromatic nitrogens is 2. The van der Waals surface area contributed by atoms with Crippen LogP contribution in [0.15, 0.2) is 28.8 Å². The average Bonchev–Trinajstić information content (AvgIpc) is 2.92. The highest BCUT2D eigenvalue weighted by atomic mass is 16.5. The standard InChI is InChI=1S/C17H23N3O2/c1-5-6-15-19-14(20-22-15)11-18-16(21)12-7-9-13(10-8-12)17(2,3)4/h7-10H,5-6,11H2,1-4H3,(H,18,21). The Balaban J connectivity index is 1.94. The monoisotopic (exact) mass is 301 g/mol. The van der Waals surface area contributed by atoms with E-state index in [4.69, 9.17) is 4.52 Å². The van der Waals surface area contributed by atoms with Crippen molar-refractivity contribution in [2.45, 2.75) is 52.5 Å². The van der Waals surface area contributed by atoms with Gasteiger partial charge in [-0.25, -0.2) is 0 Å². The topological polar surface area (TPSA) is 68.0 Å². The Labute approximate surface area is 131 Å². The third kappa shape index (κ3) is 4.16. The molecule has 1 amide bonds. The Kier molecular flexibility index (Phi) is 4.96. The molecule has 0 aliphatic rings. The molecular weight excluding hydrogens is 278 g/mol. The number of hydrogen-bond acceptors (Lipinski definition) is 4. The zero-order valence-corrected chi connectivity index (χ0v) is 13.6. The Morgan fingerprint density at radius 1 is 1.23 bits per heavy atom. The summed E-state index contributed by atoms with van der Waals surface area (Å²) in [5.41, 5.74) is 1.91. The maximum Gasteiger partial charge on any atom is 0.251 e. The molecule has 1 aromatic carbocycles. The van der Waals surface area contributed by atoms with Gasteiger partial charge in [0.05, 0.1) is 6.54 Å². The number of aryl methyl sites for hydroxylation is 1. The summed E-state index contributed by atoms with van der Waals surface area (Å²) in [6.07, 6.45) is 1.71. The summed E-state index contributed by atoms with van der Waals surface area (Å²) in [7, 11) is 0. The number of hydrogen-bond donors (Lipinski definition) is 1. The lowest BCUT2D eigenvalue weighted by atomic mass is 9.87. The summed E-state index contributed by atoms with van der Waals surface area (Å²) in [6, 6.07) is 7.66. The highest BCUT2D eigenvalue weighted by Gasteiger charge is 2.14. The van der Waals surface area contributed by atoms with E-state index in [-0.39, 0.29) is 17.9 Å². The Morgan fingerprint density at radius 2 is 1.91 bits per heavy atom. The van der Waals surface area contributed by atoms with E-state index < -0.39 is 0 Å². The summed E-state index contributed by atoms with van der Waals surface area (Å²) in [5.74, 6) is 0.978. The van der Waals surface area contributed by atoms with Crippen molar-refractivity contribution < 1.29 is 9.32 Å². The van der Waals surface area contributed by atoms with Crippen LogP contribution in [0.1, 0.15) is 61.8 Å². The third-order valence-electron chi connectivity index (χ3n) is 3.39. The number of carbonyl (C=O) groups is 1. The van der Waals surface area contributed by atoms with Crippen LogP contribution in [0.2, 0.25) is 0 Å². The summed E-state index contributed by atoms with van der Waals surface area (Å²) >= 11 is 0. The van der Waals surface area contributed by atoms with Crippen molar-refractivity contribution in [2.24, 2.45) is 0 Å². The second-order valence-corrected chi connectivity index (χ2v) is 6.36. The van der Waals surface area contributed by atoms with Crippen molar-refractivity contribution >= 4 is 5.91 Å². The SMILES string of the molecule is CCCc1nc(CNC(=O)c2ccc(C(C)(C)C)cc2)no1. The van der Waals surface area contributed by atoms with E-state index in [1.54, 1.807) is 0 Å². The van der Waals surface area contributed by atoms with E-state index in [1.165, 1.54) is 5.56 Å². The van der Waals surface area contributed by atoms with Gasteiger partial charge in [-0.2, -0.15) is 4.98 Å². The molecule has 0 atom stereocenters. The first-order valence-electron chi connectivity index (χ1n) is 7.60. The molecule has 0 fully saturated rings. The summed E-state index contributed by atoms with van der Waals surface area (Å²) in [6.45, 7) is 8.75. The molecule has 1 aromatic heterocycles. The van der Waals surface area contributed by atoms with Gasteiger partial charge in [0, 0.05) is 12.0 Å². The van der Waals surface area contributed by atoms with E-state index in [0.29, 0.717) is 17.3 Å².